The molecule has 2 nitrogen and oxygen atoms in total. The van der Waals surface area contributed by atoms with E-state index in [-0.39, 0.29) is 0 Å². The summed E-state index contributed by atoms with van der Waals surface area (Å²) < 4.78 is 54.2. The molecule has 47 heavy (non-hydrogen) atoms. The maximum atomic E-state index is 13.6. The maximum absolute atomic E-state index is 13.6. The van der Waals surface area contributed by atoms with E-state index in [0.29, 0.717) is 11.1 Å². The Morgan fingerprint density at radius 1 is 0.426 bits per heavy atom. The first-order valence-corrected chi connectivity index (χ1v) is 15.5. The van der Waals surface area contributed by atoms with Gasteiger partial charge in [-0.1, -0.05) is 90.5 Å². The van der Waals surface area contributed by atoms with Crippen LogP contribution in [0.4, 0.5) is 13.2 Å². The van der Waals surface area contributed by atoms with Crippen LogP contribution in [0.2, 0.25) is 0 Å². The van der Waals surface area contributed by atoms with Crippen LogP contribution in [-0.4, -0.2) is 0 Å². The van der Waals surface area contributed by atoms with Crippen LogP contribution in [-0.2, 0) is 6.18 Å². The number of hydrogen-bond donors (Lipinski definition) is 0. The minimum absolute atomic E-state index is 0.678. The van der Waals surface area contributed by atoms with E-state index < -0.39 is 11.7 Å². The number of furan rings is 2. The standard InChI is InChI=1S/C42H23F3O2/c1-22-10-12-23(13-11-22)34-28-18-20-31-37-29(19-21-30(36(28)37)40-38(34)26-6-2-4-8-32(26)46-40)35(24-14-16-25(17-15-24)42(43,44)45)39-27-7-3-5-9-33(27)47-41(31)39/h2-21H,1H3. The first kappa shape index (κ1) is 26.4. The number of fused-ring (bicyclic) bond motifs is 8. The monoisotopic (exact) mass is 616 g/mol. The minimum atomic E-state index is -4.43. The van der Waals surface area contributed by atoms with E-state index in [0.717, 1.165) is 99.4 Å². The summed E-state index contributed by atoms with van der Waals surface area (Å²) >= 11 is 0. The SMILES string of the molecule is Cc1ccc(-c2c3ccc4c5oc6ccccc6c5c(-c5ccc(C(F)(F)F)cc5)c5ccc(c6oc7ccccc7c26)c3c54)cc1. The lowest BCUT2D eigenvalue weighted by molar-refractivity contribution is -0.137. The van der Waals surface area contributed by atoms with Crippen LogP contribution >= 0.6 is 0 Å². The summed E-state index contributed by atoms with van der Waals surface area (Å²) in [7, 11) is 0. The van der Waals surface area contributed by atoms with Crippen molar-refractivity contribution < 1.29 is 22.0 Å². The van der Waals surface area contributed by atoms with E-state index >= 15 is 0 Å². The fourth-order valence-electron chi connectivity index (χ4n) is 7.67. The topological polar surface area (TPSA) is 26.3 Å². The third kappa shape index (κ3) is 3.57. The van der Waals surface area contributed by atoms with E-state index in [1.165, 1.54) is 5.56 Å². The molecular weight excluding hydrogens is 593 g/mol. The van der Waals surface area contributed by atoms with Gasteiger partial charge in [0.15, 0.2) is 0 Å². The molecule has 10 aromatic rings. The van der Waals surface area contributed by atoms with E-state index in [1.807, 2.05) is 42.5 Å². The summed E-state index contributed by atoms with van der Waals surface area (Å²) in [6.07, 6.45) is -4.43. The number of aryl methyl sites for hydroxylation is 1. The highest BCUT2D eigenvalue weighted by Gasteiger charge is 2.31. The van der Waals surface area contributed by atoms with Crippen LogP contribution in [0.15, 0.2) is 130 Å². The molecule has 0 radical (unpaired) electrons. The van der Waals surface area contributed by atoms with Gasteiger partial charge in [0.05, 0.1) is 5.56 Å². The molecule has 0 aliphatic heterocycles. The fraction of sp³-hybridized carbons (Fsp3) is 0.0476. The van der Waals surface area contributed by atoms with Crippen LogP contribution in [0.5, 0.6) is 0 Å². The highest BCUT2D eigenvalue weighted by molar-refractivity contribution is 6.40. The van der Waals surface area contributed by atoms with Crippen molar-refractivity contribution in [2.24, 2.45) is 0 Å². The number of hydrogen-bond acceptors (Lipinski definition) is 2. The second kappa shape index (κ2) is 9.14. The van der Waals surface area contributed by atoms with Gasteiger partial charge in [0.2, 0.25) is 0 Å². The van der Waals surface area contributed by atoms with E-state index in [9.17, 15) is 13.2 Å². The van der Waals surface area contributed by atoms with Gasteiger partial charge in [-0.05, 0) is 65.2 Å². The molecule has 10 rings (SSSR count). The van der Waals surface area contributed by atoms with Crippen LogP contribution in [0, 0.1) is 6.92 Å². The van der Waals surface area contributed by atoms with Crippen LogP contribution in [0.3, 0.4) is 0 Å². The Kier molecular flexibility index (Phi) is 5.13. The number of rotatable bonds is 2. The molecule has 0 aliphatic carbocycles. The number of halogens is 3. The summed E-state index contributed by atoms with van der Waals surface area (Å²) in [5.41, 5.74) is 7.28. The molecule has 8 aromatic carbocycles. The van der Waals surface area contributed by atoms with Crippen molar-refractivity contribution in [1.29, 1.82) is 0 Å². The lowest BCUT2D eigenvalue weighted by Gasteiger charge is -2.19. The van der Waals surface area contributed by atoms with Gasteiger partial charge in [0, 0.05) is 54.2 Å². The third-order valence-corrected chi connectivity index (χ3v) is 9.72. The highest BCUT2D eigenvalue weighted by Crippen LogP contribution is 2.52. The summed E-state index contributed by atoms with van der Waals surface area (Å²) in [5, 5.41) is 9.91. The number of benzene rings is 8. The number of alkyl halides is 3. The molecule has 0 N–H and O–H groups in total. The molecule has 0 aliphatic rings. The molecule has 0 bridgehead atoms. The molecule has 0 saturated heterocycles. The smallest absolute Gasteiger partial charge is 0.416 e. The molecule has 0 spiro atoms. The Morgan fingerprint density at radius 3 is 1.32 bits per heavy atom. The Labute approximate surface area is 265 Å². The van der Waals surface area contributed by atoms with Gasteiger partial charge in [0.25, 0.3) is 0 Å². The van der Waals surface area contributed by atoms with Crippen molar-refractivity contribution in [1.82, 2.24) is 0 Å². The summed E-state index contributed by atoms with van der Waals surface area (Å²) in [6, 6.07) is 38.5. The molecule has 5 heteroatoms. The van der Waals surface area contributed by atoms with Gasteiger partial charge in [-0.15, -0.1) is 0 Å². The second-order valence-electron chi connectivity index (χ2n) is 12.4. The summed E-state index contributed by atoms with van der Waals surface area (Å²) in [6.45, 7) is 2.08. The second-order valence-corrected chi connectivity index (χ2v) is 12.4. The van der Waals surface area contributed by atoms with Gasteiger partial charge in [-0.2, -0.15) is 13.2 Å². The van der Waals surface area contributed by atoms with Crippen LogP contribution in [0.25, 0.3) is 98.4 Å². The first-order valence-electron chi connectivity index (χ1n) is 15.5. The zero-order chi connectivity index (χ0) is 31.6. The summed E-state index contributed by atoms with van der Waals surface area (Å²) in [4.78, 5) is 0. The third-order valence-electron chi connectivity index (χ3n) is 9.72. The lowest BCUT2D eigenvalue weighted by atomic mass is 9.83. The van der Waals surface area contributed by atoms with Crippen molar-refractivity contribution in [3.05, 3.63) is 132 Å². The van der Waals surface area contributed by atoms with E-state index in [1.54, 1.807) is 12.1 Å². The fourth-order valence-corrected chi connectivity index (χ4v) is 7.67. The Morgan fingerprint density at radius 2 is 0.851 bits per heavy atom. The zero-order valence-corrected chi connectivity index (χ0v) is 25.0. The van der Waals surface area contributed by atoms with Gasteiger partial charge in [0.1, 0.15) is 22.3 Å². The summed E-state index contributed by atoms with van der Waals surface area (Å²) in [5.74, 6) is 0. The lowest BCUT2D eigenvalue weighted by Crippen LogP contribution is -2.04. The van der Waals surface area contributed by atoms with Crippen molar-refractivity contribution in [3.8, 4) is 22.3 Å². The predicted molar refractivity (Wildman–Crippen MR) is 185 cm³/mol. The van der Waals surface area contributed by atoms with Crippen molar-refractivity contribution in [2.75, 3.05) is 0 Å². The average molecular weight is 617 g/mol. The van der Waals surface area contributed by atoms with E-state index in [4.69, 9.17) is 8.83 Å². The molecule has 2 heterocycles. The Bertz CT molecular complexity index is 2870. The predicted octanol–water partition coefficient (Wildman–Crippen LogP) is 13.0. The highest BCUT2D eigenvalue weighted by atomic mass is 19.4. The van der Waals surface area contributed by atoms with Crippen molar-refractivity contribution >= 4 is 76.2 Å². The van der Waals surface area contributed by atoms with Crippen molar-refractivity contribution in [2.45, 2.75) is 13.1 Å². The molecule has 2 aromatic heterocycles. The average Bonchev–Trinajstić information content (AvgIpc) is 3.66. The van der Waals surface area contributed by atoms with Crippen molar-refractivity contribution in [3.63, 3.8) is 0 Å². The molecule has 0 fully saturated rings. The normalized spacial score (nSPS) is 12.7. The first-order chi connectivity index (χ1) is 22.9. The quantitative estimate of drug-likeness (QED) is 0.181. The van der Waals surface area contributed by atoms with Gasteiger partial charge < -0.3 is 8.83 Å². The minimum Gasteiger partial charge on any atom is -0.455 e. The molecule has 0 amide bonds. The molecule has 0 unspecified atom stereocenters. The largest absolute Gasteiger partial charge is 0.455 e. The maximum Gasteiger partial charge on any atom is 0.416 e. The number of para-hydroxylation sites is 2. The van der Waals surface area contributed by atoms with Gasteiger partial charge in [-0.25, -0.2) is 0 Å². The zero-order valence-electron chi connectivity index (χ0n) is 25.0. The molecule has 224 valence electrons. The Balaban J connectivity index is 1.45. The van der Waals surface area contributed by atoms with Crippen LogP contribution < -0.4 is 0 Å². The molecule has 0 saturated carbocycles. The van der Waals surface area contributed by atoms with Gasteiger partial charge >= 0.3 is 6.18 Å². The molecular formula is C42H23F3O2. The van der Waals surface area contributed by atoms with Crippen LogP contribution in [0.1, 0.15) is 11.1 Å². The molecule has 0 atom stereocenters. The van der Waals surface area contributed by atoms with E-state index in [2.05, 4.69) is 61.5 Å². The Hall–Kier alpha value is -5.81. The van der Waals surface area contributed by atoms with Gasteiger partial charge in [-0.3, -0.25) is 0 Å².